The smallest absolute Gasteiger partial charge is 0.315 e. The highest BCUT2D eigenvalue weighted by atomic mass is 35.5. The number of hydrogen-bond acceptors (Lipinski definition) is 2. The number of nitrogens with one attached hydrogen (secondary N) is 2. The van der Waals surface area contributed by atoms with Gasteiger partial charge >= 0.3 is 6.03 Å². The summed E-state index contributed by atoms with van der Waals surface area (Å²) in [6.07, 6.45) is -0.731. The first kappa shape index (κ1) is 13.8. The molecule has 1 unspecified atom stereocenters. The van der Waals surface area contributed by atoms with Crippen molar-refractivity contribution < 1.29 is 9.90 Å². The van der Waals surface area contributed by atoms with E-state index >= 15 is 0 Å². The minimum atomic E-state index is -0.731. The van der Waals surface area contributed by atoms with E-state index in [-0.39, 0.29) is 18.6 Å². The van der Waals surface area contributed by atoms with E-state index in [2.05, 4.69) is 10.6 Å². The molecule has 94 valence electrons. The largest absolute Gasteiger partial charge is 0.387 e. The van der Waals surface area contributed by atoms with Crippen LogP contribution in [0.25, 0.3) is 0 Å². The number of halogens is 1. The predicted octanol–water partition coefficient (Wildman–Crippen LogP) is 2.08. The molecule has 0 aliphatic rings. The van der Waals surface area contributed by atoms with Crippen molar-refractivity contribution in [2.75, 3.05) is 6.54 Å². The van der Waals surface area contributed by atoms with Crippen LogP contribution in [0.5, 0.6) is 0 Å². The van der Waals surface area contributed by atoms with Gasteiger partial charge in [0, 0.05) is 17.6 Å². The zero-order valence-corrected chi connectivity index (χ0v) is 10.7. The molecule has 0 heterocycles. The number of amides is 2. The molecule has 0 saturated heterocycles. The molecule has 1 rings (SSSR count). The molecule has 1 atom stereocenters. The summed E-state index contributed by atoms with van der Waals surface area (Å²) in [5, 5.41) is 15.7. The van der Waals surface area contributed by atoms with Crippen LogP contribution in [-0.4, -0.2) is 23.7 Å². The first-order valence-electron chi connectivity index (χ1n) is 5.47. The molecule has 4 nitrogen and oxygen atoms in total. The maximum absolute atomic E-state index is 11.3. The highest BCUT2D eigenvalue weighted by molar-refractivity contribution is 6.30. The molecule has 0 spiro atoms. The number of urea groups is 1. The van der Waals surface area contributed by atoms with Gasteiger partial charge in [-0.2, -0.15) is 0 Å². The van der Waals surface area contributed by atoms with Gasteiger partial charge in [0.1, 0.15) is 0 Å². The summed E-state index contributed by atoms with van der Waals surface area (Å²) in [5.41, 5.74) is 0.722. The number of carbonyl (C=O) groups excluding carboxylic acids is 1. The van der Waals surface area contributed by atoms with Gasteiger partial charge in [0.25, 0.3) is 0 Å². The van der Waals surface area contributed by atoms with Crippen LogP contribution in [0.15, 0.2) is 24.3 Å². The van der Waals surface area contributed by atoms with E-state index in [1.54, 1.807) is 24.3 Å². The van der Waals surface area contributed by atoms with Gasteiger partial charge in [-0.05, 0) is 31.5 Å². The molecule has 3 N–H and O–H groups in total. The van der Waals surface area contributed by atoms with Crippen molar-refractivity contribution in [3.05, 3.63) is 34.9 Å². The Hall–Kier alpha value is -1.26. The third-order valence-corrected chi connectivity index (χ3v) is 2.38. The number of hydrogen-bond donors (Lipinski definition) is 3. The van der Waals surface area contributed by atoms with Gasteiger partial charge in [0.05, 0.1) is 6.10 Å². The second kappa shape index (κ2) is 6.47. The number of aliphatic hydroxyl groups excluding tert-OH is 1. The average Bonchev–Trinajstić information content (AvgIpc) is 2.26. The Morgan fingerprint density at radius 2 is 1.94 bits per heavy atom. The van der Waals surface area contributed by atoms with Crippen molar-refractivity contribution in [2.24, 2.45) is 0 Å². The number of benzene rings is 1. The summed E-state index contributed by atoms with van der Waals surface area (Å²) in [6, 6.07) is 6.66. The van der Waals surface area contributed by atoms with Crippen LogP contribution < -0.4 is 10.6 Å². The Morgan fingerprint density at radius 1 is 1.35 bits per heavy atom. The van der Waals surface area contributed by atoms with Crippen molar-refractivity contribution in [2.45, 2.75) is 26.0 Å². The molecule has 0 radical (unpaired) electrons. The first-order chi connectivity index (χ1) is 7.99. The molecular formula is C12H17ClN2O2. The summed E-state index contributed by atoms with van der Waals surface area (Å²) in [6.45, 7) is 3.91. The van der Waals surface area contributed by atoms with E-state index in [1.807, 2.05) is 13.8 Å². The third-order valence-electron chi connectivity index (χ3n) is 2.13. The summed E-state index contributed by atoms with van der Waals surface area (Å²) in [5.74, 6) is 0. The molecule has 17 heavy (non-hydrogen) atoms. The quantitative estimate of drug-likeness (QED) is 0.772. The van der Waals surface area contributed by atoms with E-state index in [0.29, 0.717) is 5.02 Å². The standard InChI is InChI=1S/C12H17ClN2O2/c1-8(2)15-12(17)14-7-11(16)9-3-5-10(13)6-4-9/h3-6,8,11,16H,7H2,1-2H3,(H2,14,15,17). The fourth-order valence-corrected chi connectivity index (χ4v) is 1.43. The highest BCUT2D eigenvalue weighted by Crippen LogP contribution is 2.15. The summed E-state index contributed by atoms with van der Waals surface area (Å²) in [4.78, 5) is 11.3. The first-order valence-corrected chi connectivity index (χ1v) is 5.84. The molecule has 1 aromatic carbocycles. The van der Waals surface area contributed by atoms with Crippen LogP contribution in [-0.2, 0) is 0 Å². The Bertz CT molecular complexity index is 365. The maximum Gasteiger partial charge on any atom is 0.315 e. The molecular weight excluding hydrogens is 240 g/mol. The highest BCUT2D eigenvalue weighted by Gasteiger charge is 2.09. The Labute approximate surface area is 106 Å². The van der Waals surface area contributed by atoms with Crippen molar-refractivity contribution in [3.8, 4) is 0 Å². The zero-order chi connectivity index (χ0) is 12.8. The minimum Gasteiger partial charge on any atom is -0.387 e. The molecule has 5 heteroatoms. The lowest BCUT2D eigenvalue weighted by Gasteiger charge is -2.14. The van der Waals surface area contributed by atoms with Gasteiger partial charge in [0.15, 0.2) is 0 Å². The zero-order valence-electron chi connectivity index (χ0n) is 9.90. The van der Waals surface area contributed by atoms with E-state index in [0.717, 1.165) is 5.56 Å². The second-order valence-corrected chi connectivity index (χ2v) is 4.51. The van der Waals surface area contributed by atoms with E-state index in [1.165, 1.54) is 0 Å². The van der Waals surface area contributed by atoms with E-state index in [9.17, 15) is 9.90 Å². The number of carbonyl (C=O) groups is 1. The molecule has 0 aromatic heterocycles. The van der Waals surface area contributed by atoms with Crippen LogP contribution in [0.3, 0.4) is 0 Å². The maximum atomic E-state index is 11.3. The molecule has 0 saturated carbocycles. The Balaban J connectivity index is 2.42. The molecule has 0 bridgehead atoms. The minimum absolute atomic E-state index is 0.0719. The van der Waals surface area contributed by atoms with Gasteiger partial charge in [0.2, 0.25) is 0 Å². The lowest BCUT2D eigenvalue weighted by molar-refractivity contribution is 0.172. The fraction of sp³-hybridized carbons (Fsp3) is 0.417. The van der Waals surface area contributed by atoms with Gasteiger partial charge in [-0.15, -0.1) is 0 Å². The molecule has 0 aliphatic heterocycles. The van der Waals surface area contributed by atoms with Crippen LogP contribution in [0.2, 0.25) is 5.02 Å². The molecule has 0 aliphatic carbocycles. The van der Waals surface area contributed by atoms with Crippen molar-refractivity contribution in [3.63, 3.8) is 0 Å². The summed E-state index contributed by atoms with van der Waals surface area (Å²) in [7, 11) is 0. The third kappa shape index (κ3) is 5.06. The normalized spacial score (nSPS) is 12.3. The number of aliphatic hydroxyl groups is 1. The van der Waals surface area contributed by atoms with Crippen molar-refractivity contribution in [1.29, 1.82) is 0 Å². The van der Waals surface area contributed by atoms with E-state index in [4.69, 9.17) is 11.6 Å². The topological polar surface area (TPSA) is 61.4 Å². The summed E-state index contributed by atoms with van der Waals surface area (Å²) >= 11 is 5.74. The van der Waals surface area contributed by atoms with Crippen LogP contribution in [0, 0.1) is 0 Å². The van der Waals surface area contributed by atoms with Crippen LogP contribution in [0.4, 0.5) is 4.79 Å². The van der Waals surface area contributed by atoms with Crippen LogP contribution >= 0.6 is 11.6 Å². The Morgan fingerprint density at radius 3 is 2.47 bits per heavy atom. The predicted molar refractivity (Wildman–Crippen MR) is 68.1 cm³/mol. The SMILES string of the molecule is CC(C)NC(=O)NCC(O)c1ccc(Cl)cc1. The van der Waals surface area contributed by atoms with Gasteiger partial charge in [-0.25, -0.2) is 4.79 Å². The molecule has 1 aromatic rings. The summed E-state index contributed by atoms with van der Waals surface area (Å²) < 4.78 is 0. The molecule has 2 amide bonds. The van der Waals surface area contributed by atoms with Crippen molar-refractivity contribution in [1.82, 2.24) is 10.6 Å². The Kier molecular flexibility index (Phi) is 5.25. The fourth-order valence-electron chi connectivity index (χ4n) is 1.31. The van der Waals surface area contributed by atoms with Crippen molar-refractivity contribution >= 4 is 17.6 Å². The van der Waals surface area contributed by atoms with Gasteiger partial charge < -0.3 is 15.7 Å². The average molecular weight is 257 g/mol. The number of rotatable bonds is 4. The second-order valence-electron chi connectivity index (χ2n) is 4.08. The van der Waals surface area contributed by atoms with Crippen LogP contribution in [0.1, 0.15) is 25.5 Å². The molecule has 0 fully saturated rings. The van der Waals surface area contributed by atoms with Gasteiger partial charge in [-0.3, -0.25) is 0 Å². The monoisotopic (exact) mass is 256 g/mol. The van der Waals surface area contributed by atoms with Gasteiger partial charge in [-0.1, -0.05) is 23.7 Å². The van der Waals surface area contributed by atoms with E-state index < -0.39 is 6.10 Å². The lowest BCUT2D eigenvalue weighted by atomic mass is 10.1. The lowest BCUT2D eigenvalue weighted by Crippen LogP contribution is -2.41.